The molecule has 0 saturated carbocycles. The third-order valence-electron chi connectivity index (χ3n) is 0.510. The van der Waals surface area contributed by atoms with Gasteiger partial charge in [-0.2, -0.15) is 5.10 Å². The fourth-order valence-corrected chi connectivity index (χ4v) is 0.229. The molecule has 0 aliphatic rings. The quantitative estimate of drug-likeness (QED) is 0.330. The fraction of sp³-hybridized carbons (Fsp3) is 0.167. The second-order valence-electron chi connectivity index (χ2n) is 1.11. The molecule has 2 nitrogen and oxygen atoms in total. The van der Waals surface area contributed by atoms with Gasteiger partial charge in [-0.15, -0.1) is 0 Å². The molecular weight excluding hydrogens is 100 g/mol. The Morgan fingerprint density at radius 3 is 2.88 bits per heavy atom. The summed E-state index contributed by atoms with van der Waals surface area (Å²) < 4.78 is 0. The maximum atomic E-state index is 3.70. The van der Waals surface area contributed by atoms with E-state index in [9.17, 15) is 0 Å². The number of hydrazone groups is 1. The van der Waals surface area contributed by atoms with Gasteiger partial charge in [0.2, 0.25) is 0 Å². The molecule has 2 heteroatoms. The second-order valence-corrected chi connectivity index (χ2v) is 1.11. The molecule has 0 aromatic carbocycles. The Kier molecular flexibility index (Phi) is 5.17. The number of allylic oxidation sites excluding steroid dienone is 2. The van der Waals surface area contributed by atoms with Crippen molar-refractivity contribution in [2.45, 2.75) is 6.92 Å². The molecule has 0 amide bonds. The zero-order valence-corrected chi connectivity index (χ0v) is 4.96. The molecule has 0 aliphatic heterocycles. The summed E-state index contributed by atoms with van der Waals surface area (Å²) in [7, 11) is 0. The van der Waals surface area contributed by atoms with Crippen LogP contribution in [0.25, 0.3) is 0 Å². The molecule has 1 N–H and O–H groups in total. The van der Waals surface area contributed by atoms with Crippen molar-refractivity contribution in [3.05, 3.63) is 24.9 Å². The van der Waals surface area contributed by atoms with Crippen molar-refractivity contribution in [1.29, 1.82) is 0 Å². The minimum atomic E-state index is 1.67. The van der Waals surface area contributed by atoms with Crippen molar-refractivity contribution in [3.8, 4) is 0 Å². The Hall–Kier alpha value is -1.05. The van der Waals surface area contributed by atoms with E-state index in [1.807, 2.05) is 6.92 Å². The van der Waals surface area contributed by atoms with E-state index in [0.29, 0.717) is 0 Å². The first-order chi connectivity index (χ1) is 3.91. The van der Waals surface area contributed by atoms with E-state index in [-0.39, 0.29) is 0 Å². The number of hydrogen-bond acceptors (Lipinski definition) is 2. The lowest BCUT2D eigenvalue weighted by atomic mass is 10.6. The number of hydrogen-bond donors (Lipinski definition) is 1. The van der Waals surface area contributed by atoms with Crippen LogP contribution in [0.15, 0.2) is 30.0 Å². The van der Waals surface area contributed by atoms with E-state index in [0.717, 1.165) is 0 Å². The molecule has 0 spiro atoms. The van der Waals surface area contributed by atoms with Gasteiger partial charge in [-0.25, -0.2) is 0 Å². The molecular formula is C6H10N2. The van der Waals surface area contributed by atoms with Crippen molar-refractivity contribution in [2.75, 3.05) is 0 Å². The minimum Gasteiger partial charge on any atom is -0.286 e. The highest BCUT2D eigenvalue weighted by Crippen LogP contribution is 1.65. The maximum Gasteiger partial charge on any atom is 0.0215 e. The van der Waals surface area contributed by atoms with Gasteiger partial charge in [0.05, 0.1) is 0 Å². The van der Waals surface area contributed by atoms with Crippen LogP contribution in [0, 0.1) is 0 Å². The van der Waals surface area contributed by atoms with Gasteiger partial charge in [0.1, 0.15) is 0 Å². The van der Waals surface area contributed by atoms with Gasteiger partial charge in [-0.3, -0.25) is 5.43 Å². The highest BCUT2D eigenvalue weighted by Gasteiger charge is 1.57. The molecule has 0 atom stereocenters. The molecule has 0 unspecified atom stereocenters. The SMILES string of the molecule is C=C/C=C\N/N=C/C. The standard InChI is InChI=1S/C6H10N2/c1-3-5-6-8-7-4-2/h3-6,8H,1H2,2H3/b6-5-,7-4+. The summed E-state index contributed by atoms with van der Waals surface area (Å²) in [5, 5.41) is 3.70. The highest BCUT2D eigenvalue weighted by molar-refractivity contribution is 5.52. The molecule has 0 bridgehead atoms. The van der Waals surface area contributed by atoms with Crippen LogP contribution < -0.4 is 5.43 Å². The van der Waals surface area contributed by atoms with Crippen LogP contribution in [-0.2, 0) is 0 Å². The van der Waals surface area contributed by atoms with Crippen molar-refractivity contribution >= 4 is 6.21 Å². The Morgan fingerprint density at radius 2 is 2.38 bits per heavy atom. The lowest BCUT2D eigenvalue weighted by Gasteiger charge is -1.82. The van der Waals surface area contributed by atoms with E-state index in [1.165, 1.54) is 0 Å². The molecule has 44 valence electrons. The first kappa shape index (κ1) is 6.95. The normalized spacial score (nSPS) is 10.6. The summed E-state index contributed by atoms with van der Waals surface area (Å²) in [5.74, 6) is 0. The van der Waals surface area contributed by atoms with E-state index in [4.69, 9.17) is 0 Å². The average molecular weight is 110 g/mol. The van der Waals surface area contributed by atoms with Crippen LogP contribution in [-0.4, -0.2) is 6.21 Å². The maximum absolute atomic E-state index is 3.70. The van der Waals surface area contributed by atoms with Gasteiger partial charge >= 0.3 is 0 Å². The zero-order valence-electron chi connectivity index (χ0n) is 4.96. The first-order valence-corrected chi connectivity index (χ1v) is 2.42. The lowest BCUT2D eigenvalue weighted by molar-refractivity contribution is 0.974. The van der Waals surface area contributed by atoms with Crippen LogP contribution in [0.3, 0.4) is 0 Å². The number of nitrogens with one attached hydrogen (secondary N) is 1. The topological polar surface area (TPSA) is 24.4 Å². The molecule has 8 heavy (non-hydrogen) atoms. The second kappa shape index (κ2) is 5.95. The van der Waals surface area contributed by atoms with Crippen LogP contribution in [0.2, 0.25) is 0 Å². The first-order valence-electron chi connectivity index (χ1n) is 2.42. The van der Waals surface area contributed by atoms with Gasteiger partial charge < -0.3 is 0 Å². The third kappa shape index (κ3) is 4.95. The van der Waals surface area contributed by atoms with Crippen molar-refractivity contribution in [1.82, 2.24) is 5.43 Å². The molecule has 0 fully saturated rings. The lowest BCUT2D eigenvalue weighted by Crippen LogP contribution is -1.90. The average Bonchev–Trinajstić information content (AvgIpc) is 1.81. The predicted molar refractivity (Wildman–Crippen MR) is 36.6 cm³/mol. The monoisotopic (exact) mass is 110 g/mol. The Balaban J connectivity index is 3.15. The van der Waals surface area contributed by atoms with Crippen LogP contribution in [0.1, 0.15) is 6.92 Å². The Morgan fingerprint density at radius 1 is 1.62 bits per heavy atom. The summed E-state index contributed by atoms with van der Waals surface area (Å²) >= 11 is 0. The molecule has 0 aromatic rings. The van der Waals surface area contributed by atoms with Gasteiger partial charge in [-0.05, 0) is 13.0 Å². The number of nitrogens with zero attached hydrogens (tertiary/aromatic N) is 1. The summed E-state index contributed by atoms with van der Waals surface area (Å²) in [4.78, 5) is 0. The Bertz CT molecular complexity index is 103. The van der Waals surface area contributed by atoms with Crippen molar-refractivity contribution in [3.63, 3.8) is 0 Å². The summed E-state index contributed by atoms with van der Waals surface area (Å²) in [6.07, 6.45) is 6.83. The van der Waals surface area contributed by atoms with Gasteiger partial charge in [0.15, 0.2) is 0 Å². The van der Waals surface area contributed by atoms with E-state index in [1.54, 1.807) is 24.6 Å². The molecule has 0 aliphatic carbocycles. The van der Waals surface area contributed by atoms with Crippen LogP contribution >= 0.6 is 0 Å². The Labute approximate surface area is 49.6 Å². The fourth-order valence-electron chi connectivity index (χ4n) is 0.229. The molecule has 0 rings (SSSR count). The summed E-state index contributed by atoms with van der Waals surface area (Å²) in [5.41, 5.74) is 2.65. The predicted octanol–water partition coefficient (Wildman–Crippen LogP) is 1.28. The zero-order chi connectivity index (χ0) is 6.24. The van der Waals surface area contributed by atoms with E-state index in [2.05, 4.69) is 17.1 Å². The summed E-state index contributed by atoms with van der Waals surface area (Å²) in [6.45, 7) is 5.32. The third-order valence-corrected chi connectivity index (χ3v) is 0.510. The van der Waals surface area contributed by atoms with Gasteiger partial charge in [0, 0.05) is 12.4 Å². The smallest absolute Gasteiger partial charge is 0.0215 e. The molecule has 0 radical (unpaired) electrons. The van der Waals surface area contributed by atoms with Crippen molar-refractivity contribution < 1.29 is 0 Å². The van der Waals surface area contributed by atoms with E-state index >= 15 is 0 Å². The van der Waals surface area contributed by atoms with Crippen molar-refractivity contribution in [2.24, 2.45) is 5.10 Å². The number of rotatable bonds is 3. The minimum absolute atomic E-state index is 1.67. The molecule has 0 heterocycles. The molecule has 0 aromatic heterocycles. The highest BCUT2D eigenvalue weighted by atomic mass is 15.3. The van der Waals surface area contributed by atoms with Gasteiger partial charge in [-0.1, -0.05) is 12.7 Å². The molecule has 0 saturated heterocycles. The largest absolute Gasteiger partial charge is 0.286 e. The van der Waals surface area contributed by atoms with Gasteiger partial charge in [0.25, 0.3) is 0 Å². The summed E-state index contributed by atoms with van der Waals surface area (Å²) in [6, 6.07) is 0. The van der Waals surface area contributed by atoms with Crippen LogP contribution in [0.4, 0.5) is 0 Å². The van der Waals surface area contributed by atoms with E-state index < -0.39 is 0 Å². The van der Waals surface area contributed by atoms with Crippen LogP contribution in [0.5, 0.6) is 0 Å².